The van der Waals surface area contributed by atoms with Gasteiger partial charge in [-0.1, -0.05) is 0 Å². The molecule has 0 amide bonds. The van der Waals surface area contributed by atoms with E-state index < -0.39 is 143 Å². The lowest BCUT2D eigenvalue weighted by molar-refractivity contribution is -0.208. The maximum Gasteiger partial charge on any atom is 0.318 e. The molecule has 248 valence electrons. The zero-order valence-corrected chi connectivity index (χ0v) is 22.2. The Morgan fingerprint density at radius 3 is 0.478 bits per heavy atom. The molecule has 0 aromatic carbocycles. The highest BCUT2D eigenvalue weighted by Crippen LogP contribution is 2.52. The number of hydrogen-bond acceptors (Lipinski definition) is 14. The number of ether oxygens (including phenoxy) is 2. The van der Waals surface area contributed by atoms with Crippen molar-refractivity contribution in [2.45, 2.75) is 0 Å². The Morgan fingerprint density at radius 2 is 0.348 bits per heavy atom. The van der Waals surface area contributed by atoms with Crippen molar-refractivity contribution in [1.82, 2.24) is 0 Å². The third kappa shape index (κ3) is 5.43. The normalized spacial score (nSPS) is 34.1. The zero-order valence-electron chi connectivity index (χ0n) is 22.2. The summed E-state index contributed by atoms with van der Waals surface area (Å²) >= 11 is 0. The first-order valence-corrected chi connectivity index (χ1v) is 12.5. The summed E-state index contributed by atoms with van der Waals surface area (Å²) in [6.45, 7) is 0. The van der Waals surface area contributed by atoms with Gasteiger partial charge in [-0.15, -0.1) is 0 Å². The molecule has 8 N–H and O–H groups in total. The number of hydrogen-bond donors (Lipinski definition) is 8. The Bertz CT molecular complexity index is 1340. The second kappa shape index (κ2) is 12.2. The molecule has 0 spiro atoms. The second-order valence-corrected chi connectivity index (χ2v) is 10.5. The van der Waals surface area contributed by atoms with Gasteiger partial charge < -0.3 is 50.3 Å². The van der Waals surface area contributed by atoms with Crippen molar-refractivity contribution >= 4 is 71.6 Å². The molecule has 0 aromatic heterocycles. The SMILES string of the molecule is O=C(O)C1C(C(=O)O)C(C(=O)OC(=O)C2C(C(=O)O)C(C(=O)O)C2C(=O)OC(=O)C2C(C(=O)O)C(C(=O)O)C2C(=O)O)C1C(=O)O. The minimum absolute atomic E-state index is 1.95. The average Bonchev–Trinajstić information content (AvgIpc) is 2.79. The minimum Gasteiger partial charge on any atom is -0.481 e. The highest BCUT2D eigenvalue weighted by Gasteiger charge is 2.69. The summed E-state index contributed by atoms with van der Waals surface area (Å²) < 4.78 is 8.78. The summed E-state index contributed by atoms with van der Waals surface area (Å²) in [5.74, 6) is -52.2. The standard InChI is InChI=1S/C24H20O22/c25-13(26)1-3(15(29)30)9(4(1)16(31)32)21(41)45-23(43)11-7(19(37)38)8(20(39)40)12(11)24(44)46-22(42)10-5(17(33)34)2(14(27)28)6(10)18(35)36/h1-12H,(H,25,26)(H,27,28)(H,29,30)(H,31,32)(H,33,34)(H,35,36)(H,37,38)(H,39,40). The second-order valence-electron chi connectivity index (χ2n) is 10.5. The van der Waals surface area contributed by atoms with Crippen LogP contribution in [0.2, 0.25) is 0 Å². The Balaban J connectivity index is 1.91. The summed E-state index contributed by atoms with van der Waals surface area (Å²) in [6.07, 6.45) is 0. The molecule has 3 saturated carbocycles. The molecule has 3 aliphatic carbocycles. The van der Waals surface area contributed by atoms with E-state index in [4.69, 9.17) is 0 Å². The number of carbonyl (C=O) groups is 12. The molecule has 22 nitrogen and oxygen atoms in total. The van der Waals surface area contributed by atoms with Gasteiger partial charge in [-0.25, -0.2) is 0 Å². The summed E-state index contributed by atoms with van der Waals surface area (Å²) in [6, 6.07) is 0. The van der Waals surface area contributed by atoms with E-state index in [9.17, 15) is 98.4 Å². The van der Waals surface area contributed by atoms with Gasteiger partial charge in [0, 0.05) is 0 Å². The van der Waals surface area contributed by atoms with Gasteiger partial charge in [0.05, 0.1) is 71.0 Å². The number of esters is 4. The highest BCUT2D eigenvalue weighted by atomic mass is 16.6. The van der Waals surface area contributed by atoms with Gasteiger partial charge in [0.1, 0.15) is 0 Å². The van der Waals surface area contributed by atoms with E-state index in [1.165, 1.54) is 0 Å². The predicted molar refractivity (Wildman–Crippen MR) is 125 cm³/mol. The largest absolute Gasteiger partial charge is 0.481 e. The van der Waals surface area contributed by atoms with Crippen LogP contribution in [0.4, 0.5) is 0 Å². The first-order valence-electron chi connectivity index (χ1n) is 12.5. The van der Waals surface area contributed by atoms with Crippen LogP contribution in [-0.2, 0) is 67.0 Å². The van der Waals surface area contributed by atoms with Crippen molar-refractivity contribution in [3.8, 4) is 0 Å². The van der Waals surface area contributed by atoms with Crippen LogP contribution >= 0.6 is 0 Å². The van der Waals surface area contributed by atoms with Crippen LogP contribution < -0.4 is 0 Å². The summed E-state index contributed by atoms with van der Waals surface area (Å²) in [7, 11) is 0. The summed E-state index contributed by atoms with van der Waals surface area (Å²) in [5, 5.41) is 74.6. The van der Waals surface area contributed by atoms with Gasteiger partial charge in [-0.3, -0.25) is 57.5 Å². The molecule has 3 aliphatic rings. The van der Waals surface area contributed by atoms with Crippen molar-refractivity contribution in [2.75, 3.05) is 0 Å². The van der Waals surface area contributed by atoms with E-state index >= 15 is 0 Å². The number of aliphatic carboxylic acids is 8. The van der Waals surface area contributed by atoms with Crippen molar-refractivity contribution in [3.63, 3.8) is 0 Å². The third-order valence-corrected chi connectivity index (χ3v) is 8.41. The number of rotatable bonds is 12. The molecule has 0 aliphatic heterocycles. The van der Waals surface area contributed by atoms with Gasteiger partial charge in [-0.05, 0) is 0 Å². The lowest BCUT2D eigenvalue weighted by Crippen LogP contribution is -2.63. The predicted octanol–water partition coefficient (Wildman–Crippen LogP) is -3.76. The van der Waals surface area contributed by atoms with Crippen molar-refractivity contribution in [1.29, 1.82) is 0 Å². The van der Waals surface area contributed by atoms with E-state index in [-0.39, 0.29) is 0 Å². The quantitative estimate of drug-likeness (QED) is 0.0735. The van der Waals surface area contributed by atoms with Crippen LogP contribution in [0.1, 0.15) is 0 Å². The van der Waals surface area contributed by atoms with Gasteiger partial charge in [-0.2, -0.15) is 0 Å². The number of carboxylic acid groups (broad SMARTS) is 8. The molecular weight excluding hydrogens is 640 g/mol. The number of carboxylic acids is 8. The first-order chi connectivity index (χ1) is 21.2. The van der Waals surface area contributed by atoms with E-state index in [1.54, 1.807) is 0 Å². The fourth-order valence-corrected chi connectivity index (χ4v) is 6.35. The van der Waals surface area contributed by atoms with Gasteiger partial charge in [0.2, 0.25) is 0 Å². The highest BCUT2D eigenvalue weighted by molar-refractivity contribution is 6.05. The molecule has 8 unspecified atom stereocenters. The third-order valence-electron chi connectivity index (χ3n) is 8.41. The average molecular weight is 660 g/mol. The van der Waals surface area contributed by atoms with Gasteiger partial charge in [0.15, 0.2) is 0 Å². The van der Waals surface area contributed by atoms with Gasteiger partial charge in [0.25, 0.3) is 0 Å². The lowest BCUT2D eigenvalue weighted by Gasteiger charge is -2.46. The van der Waals surface area contributed by atoms with Crippen molar-refractivity contribution in [2.24, 2.45) is 71.0 Å². The van der Waals surface area contributed by atoms with Crippen LogP contribution in [0.25, 0.3) is 0 Å². The molecule has 0 aromatic rings. The molecule has 0 bridgehead atoms. The molecule has 46 heavy (non-hydrogen) atoms. The molecule has 3 rings (SSSR count). The molecule has 8 atom stereocenters. The molecular formula is C24H20O22. The van der Waals surface area contributed by atoms with Crippen molar-refractivity contribution < 1.29 is 108 Å². The Morgan fingerprint density at radius 1 is 0.239 bits per heavy atom. The maximum absolute atomic E-state index is 12.9. The van der Waals surface area contributed by atoms with Crippen LogP contribution in [0.15, 0.2) is 0 Å². The van der Waals surface area contributed by atoms with Gasteiger partial charge >= 0.3 is 71.6 Å². The fourth-order valence-electron chi connectivity index (χ4n) is 6.35. The van der Waals surface area contributed by atoms with E-state index in [0.29, 0.717) is 0 Å². The van der Waals surface area contributed by atoms with Crippen molar-refractivity contribution in [3.05, 3.63) is 0 Å². The molecule has 0 saturated heterocycles. The van der Waals surface area contributed by atoms with E-state index in [2.05, 4.69) is 9.47 Å². The Labute approximate surface area is 251 Å². The van der Waals surface area contributed by atoms with Crippen LogP contribution in [-0.4, -0.2) is 112 Å². The molecule has 3 fully saturated rings. The van der Waals surface area contributed by atoms with Crippen LogP contribution in [0.5, 0.6) is 0 Å². The summed E-state index contributed by atoms with van der Waals surface area (Å²) in [5.41, 5.74) is 0. The maximum atomic E-state index is 12.9. The lowest BCUT2D eigenvalue weighted by atomic mass is 9.55. The minimum atomic E-state index is -2.52. The monoisotopic (exact) mass is 660 g/mol. The topological polar surface area (TPSA) is 385 Å². The summed E-state index contributed by atoms with van der Waals surface area (Å²) in [4.78, 5) is 144. The smallest absolute Gasteiger partial charge is 0.318 e. The fraction of sp³-hybridized carbons (Fsp3) is 0.500. The number of carbonyl (C=O) groups excluding carboxylic acids is 4. The Kier molecular flexibility index (Phi) is 9.16. The van der Waals surface area contributed by atoms with E-state index in [1.807, 2.05) is 0 Å². The van der Waals surface area contributed by atoms with Crippen LogP contribution in [0.3, 0.4) is 0 Å². The first kappa shape index (κ1) is 34.5. The Hall–Kier alpha value is -5.96. The zero-order chi connectivity index (χ0) is 35.3. The van der Waals surface area contributed by atoms with E-state index in [0.717, 1.165) is 0 Å². The molecule has 0 radical (unpaired) electrons. The molecule has 0 heterocycles. The van der Waals surface area contributed by atoms with Crippen LogP contribution in [0, 0.1) is 71.0 Å². The molecule has 22 heteroatoms.